The zero-order valence-corrected chi connectivity index (χ0v) is 14.4. The van der Waals surface area contributed by atoms with Crippen LogP contribution in [0.15, 0.2) is 40.9 Å². The predicted octanol–water partition coefficient (Wildman–Crippen LogP) is 4.22. The first kappa shape index (κ1) is 15.7. The molecule has 0 saturated carbocycles. The van der Waals surface area contributed by atoms with E-state index in [-0.39, 0.29) is 0 Å². The van der Waals surface area contributed by atoms with Crippen molar-refractivity contribution in [1.82, 2.24) is 10.2 Å². The van der Waals surface area contributed by atoms with Gasteiger partial charge in [-0.15, -0.1) is 11.3 Å². The molecule has 0 fully saturated rings. The minimum absolute atomic E-state index is 0.967. The van der Waals surface area contributed by atoms with Crippen LogP contribution < -0.4 is 5.32 Å². The summed E-state index contributed by atoms with van der Waals surface area (Å²) in [5, 5.41) is 3.51. The van der Waals surface area contributed by atoms with Crippen molar-refractivity contribution in [3.63, 3.8) is 0 Å². The maximum absolute atomic E-state index is 3.51. The largest absolute Gasteiger partial charge is 0.312 e. The topological polar surface area (TPSA) is 15.3 Å². The van der Waals surface area contributed by atoms with Gasteiger partial charge in [-0.25, -0.2) is 0 Å². The third-order valence-corrected chi connectivity index (χ3v) is 4.71. The summed E-state index contributed by atoms with van der Waals surface area (Å²) in [6, 6.07) is 12.9. The molecule has 0 amide bonds. The van der Waals surface area contributed by atoms with Crippen LogP contribution in [-0.2, 0) is 6.54 Å². The molecule has 1 heterocycles. The first-order valence-electron chi connectivity index (χ1n) is 6.85. The van der Waals surface area contributed by atoms with Gasteiger partial charge in [-0.1, -0.05) is 28.1 Å². The van der Waals surface area contributed by atoms with Gasteiger partial charge in [0.2, 0.25) is 0 Å². The van der Waals surface area contributed by atoms with E-state index in [1.165, 1.54) is 21.7 Å². The van der Waals surface area contributed by atoms with Crippen LogP contribution in [0.1, 0.15) is 11.3 Å². The van der Waals surface area contributed by atoms with Gasteiger partial charge in [0.1, 0.15) is 0 Å². The molecule has 2 aromatic rings. The summed E-state index contributed by atoms with van der Waals surface area (Å²) < 4.78 is 1.13. The summed E-state index contributed by atoms with van der Waals surface area (Å²) in [5.41, 5.74) is 1.29. The number of hydrogen-bond acceptors (Lipinski definition) is 3. The van der Waals surface area contributed by atoms with E-state index < -0.39 is 0 Å². The molecule has 1 aromatic carbocycles. The zero-order chi connectivity index (χ0) is 14.4. The summed E-state index contributed by atoms with van der Waals surface area (Å²) in [5.74, 6) is 0. The number of benzene rings is 1. The fourth-order valence-electron chi connectivity index (χ4n) is 1.97. The van der Waals surface area contributed by atoms with Crippen LogP contribution in [0.25, 0.3) is 10.4 Å². The molecule has 20 heavy (non-hydrogen) atoms. The lowest BCUT2D eigenvalue weighted by atomic mass is 10.2. The molecule has 0 aliphatic heterocycles. The lowest BCUT2D eigenvalue weighted by Gasteiger charge is -2.09. The molecule has 2 nitrogen and oxygen atoms in total. The van der Waals surface area contributed by atoms with Crippen molar-refractivity contribution in [3.05, 3.63) is 45.7 Å². The molecule has 0 aliphatic carbocycles. The third kappa shape index (κ3) is 5.02. The van der Waals surface area contributed by atoms with Crippen molar-refractivity contribution < 1.29 is 0 Å². The van der Waals surface area contributed by atoms with Gasteiger partial charge in [0.15, 0.2) is 0 Å². The lowest BCUT2D eigenvalue weighted by molar-refractivity contribution is 0.394. The van der Waals surface area contributed by atoms with Crippen molar-refractivity contribution in [2.75, 3.05) is 27.2 Å². The van der Waals surface area contributed by atoms with Gasteiger partial charge in [0.25, 0.3) is 0 Å². The Morgan fingerprint density at radius 3 is 2.55 bits per heavy atom. The standard InChI is InChI=1S/C16H21BrN2S/c1-19(2)11-3-10-18-12-15-8-9-16(20-15)13-4-6-14(17)7-5-13/h4-9,18H,3,10-12H2,1-2H3. The minimum atomic E-state index is 0.967. The van der Waals surface area contributed by atoms with Crippen LogP contribution in [0.4, 0.5) is 0 Å². The summed E-state index contributed by atoms with van der Waals surface area (Å²) in [6.07, 6.45) is 1.19. The maximum atomic E-state index is 3.51. The second kappa shape index (κ2) is 7.93. The molecule has 0 unspecified atom stereocenters. The second-order valence-electron chi connectivity index (χ2n) is 5.11. The fraction of sp³-hybridized carbons (Fsp3) is 0.375. The summed E-state index contributed by atoms with van der Waals surface area (Å²) in [7, 11) is 4.23. The molecule has 0 aliphatic rings. The molecule has 0 radical (unpaired) electrons. The SMILES string of the molecule is CN(C)CCCNCc1ccc(-c2ccc(Br)cc2)s1. The minimum Gasteiger partial charge on any atom is -0.312 e. The Hall–Kier alpha value is -0.680. The number of hydrogen-bond donors (Lipinski definition) is 1. The van der Waals surface area contributed by atoms with E-state index >= 15 is 0 Å². The molecule has 0 saturated heterocycles. The molecule has 4 heteroatoms. The zero-order valence-electron chi connectivity index (χ0n) is 12.0. The monoisotopic (exact) mass is 352 g/mol. The van der Waals surface area contributed by atoms with E-state index in [2.05, 4.69) is 76.6 Å². The number of thiophene rings is 1. The molecule has 0 spiro atoms. The lowest BCUT2D eigenvalue weighted by Crippen LogP contribution is -2.20. The average Bonchev–Trinajstić information content (AvgIpc) is 2.87. The number of rotatable bonds is 7. The van der Waals surface area contributed by atoms with E-state index in [1.54, 1.807) is 0 Å². The summed E-state index contributed by atoms with van der Waals surface area (Å²) in [4.78, 5) is 4.95. The molecule has 108 valence electrons. The van der Waals surface area contributed by atoms with Crippen LogP contribution in [-0.4, -0.2) is 32.1 Å². The third-order valence-electron chi connectivity index (χ3n) is 3.05. The van der Waals surface area contributed by atoms with Gasteiger partial charge in [-0.05, 0) is 63.4 Å². The van der Waals surface area contributed by atoms with Gasteiger partial charge in [-0.3, -0.25) is 0 Å². The molecule has 2 rings (SSSR count). The van der Waals surface area contributed by atoms with Crippen LogP contribution in [0.2, 0.25) is 0 Å². The van der Waals surface area contributed by atoms with E-state index in [0.29, 0.717) is 0 Å². The Labute approximate surface area is 133 Å². The molecule has 0 bridgehead atoms. The molecular formula is C16H21BrN2S. The number of nitrogens with zero attached hydrogens (tertiary/aromatic N) is 1. The molecule has 1 aromatic heterocycles. The van der Waals surface area contributed by atoms with E-state index in [0.717, 1.165) is 24.1 Å². The van der Waals surface area contributed by atoms with Crippen molar-refractivity contribution in [1.29, 1.82) is 0 Å². The van der Waals surface area contributed by atoms with Crippen LogP contribution in [0.5, 0.6) is 0 Å². The Morgan fingerprint density at radius 2 is 1.85 bits per heavy atom. The van der Waals surface area contributed by atoms with Gasteiger partial charge >= 0.3 is 0 Å². The van der Waals surface area contributed by atoms with E-state index in [4.69, 9.17) is 0 Å². The van der Waals surface area contributed by atoms with Crippen LogP contribution >= 0.6 is 27.3 Å². The Kier molecular flexibility index (Phi) is 6.23. The highest BCUT2D eigenvalue weighted by Gasteiger charge is 2.02. The maximum Gasteiger partial charge on any atom is 0.0346 e. The first-order valence-corrected chi connectivity index (χ1v) is 8.46. The smallest absolute Gasteiger partial charge is 0.0346 e. The number of nitrogens with one attached hydrogen (secondary N) is 1. The van der Waals surface area contributed by atoms with Crippen LogP contribution in [0, 0.1) is 0 Å². The quantitative estimate of drug-likeness (QED) is 0.750. The molecular weight excluding hydrogens is 332 g/mol. The van der Waals surface area contributed by atoms with Crippen molar-refractivity contribution in [2.45, 2.75) is 13.0 Å². The Balaban J connectivity index is 1.82. The average molecular weight is 353 g/mol. The van der Waals surface area contributed by atoms with E-state index in [1.807, 2.05) is 11.3 Å². The first-order chi connectivity index (χ1) is 9.65. The highest BCUT2D eigenvalue weighted by atomic mass is 79.9. The Morgan fingerprint density at radius 1 is 1.10 bits per heavy atom. The van der Waals surface area contributed by atoms with Crippen molar-refractivity contribution in [2.24, 2.45) is 0 Å². The Bertz CT molecular complexity index is 520. The summed E-state index contributed by atoms with van der Waals surface area (Å²) >= 11 is 5.34. The predicted molar refractivity (Wildman–Crippen MR) is 92.3 cm³/mol. The van der Waals surface area contributed by atoms with Crippen molar-refractivity contribution >= 4 is 27.3 Å². The molecule has 0 atom stereocenters. The van der Waals surface area contributed by atoms with Gasteiger partial charge < -0.3 is 10.2 Å². The van der Waals surface area contributed by atoms with Gasteiger partial charge in [0, 0.05) is 20.8 Å². The number of halogens is 1. The van der Waals surface area contributed by atoms with Gasteiger partial charge in [0.05, 0.1) is 0 Å². The van der Waals surface area contributed by atoms with Crippen molar-refractivity contribution in [3.8, 4) is 10.4 Å². The highest BCUT2D eigenvalue weighted by molar-refractivity contribution is 9.10. The van der Waals surface area contributed by atoms with Gasteiger partial charge in [-0.2, -0.15) is 0 Å². The normalized spacial score (nSPS) is 11.2. The highest BCUT2D eigenvalue weighted by Crippen LogP contribution is 2.28. The molecule has 1 N–H and O–H groups in total. The summed E-state index contributed by atoms with van der Waals surface area (Å²) in [6.45, 7) is 3.18. The van der Waals surface area contributed by atoms with Crippen LogP contribution in [0.3, 0.4) is 0 Å². The van der Waals surface area contributed by atoms with E-state index in [9.17, 15) is 0 Å². The fourth-order valence-corrected chi connectivity index (χ4v) is 3.22. The second-order valence-corrected chi connectivity index (χ2v) is 7.19.